The Morgan fingerprint density at radius 2 is 2.39 bits per heavy atom. The maximum absolute atomic E-state index is 11.6. The number of aryl methyl sites for hydroxylation is 1. The molecular weight excluding hydrogens is 230 g/mol. The fourth-order valence-electron chi connectivity index (χ4n) is 2.32. The fourth-order valence-corrected chi connectivity index (χ4v) is 2.32. The molecule has 1 aromatic carbocycles. The number of hydrogen-bond donors (Lipinski definition) is 1. The first-order valence-electron chi connectivity index (χ1n) is 6.11. The molecule has 0 heterocycles. The van der Waals surface area contributed by atoms with Gasteiger partial charge in [-0.3, -0.25) is 9.59 Å². The standard InChI is InChI=1S/C14H17NO3/c1-18-7-6-14(17)15-13-5-3-11-8-10(9-16)2-4-12(11)13/h2,4,8-9,13H,3,5-7H2,1H3,(H,15,17). The first kappa shape index (κ1) is 12.8. The minimum absolute atomic E-state index is 0.00849. The second-order valence-electron chi connectivity index (χ2n) is 4.48. The van der Waals surface area contributed by atoms with Crippen molar-refractivity contribution in [1.29, 1.82) is 0 Å². The third kappa shape index (κ3) is 2.76. The summed E-state index contributed by atoms with van der Waals surface area (Å²) in [7, 11) is 1.58. The molecule has 1 aliphatic rings. The van der Waals surface area contributed by atoms with Crippen LogP contribution in [0.25, 0.3) is 0 Å². The van der Waals surface area contributed by atoms with Crippen molar-refractivity contribution in [2.24, 2.45) is 0 Å². The number of nitrogens with one attached hydrogen (secondary N) is 1. The molecule has 0 saturated heterocycles. The second kappa shape index (κ2) is 5.78. The van der Waals surface area contributed by atoms with E-state index >= 15 is 0 Å². The van der Waals surface area contributed by atoms with Crippen LogP contribution in [0.1, 0.15) is 40.4 Å². The number of benzene rings is 1. The molecule has 0 saturated carbocycles. The molecule has 1 atom stereocenters. The van der Waals surface area contributed by atoms with E-state index in [4.69, 9.17) is 4.74 Å². The van der Waals surface area contributed by atoms with Gasteiger partial charge >= 0.3 is 0 Å². The molecule has 18 heavy (non-hydrogen) atoms. The third-order valence-electron chi connectivity index (χ3n) is 3.25. The molecule has 0 aromatic heterocycles. The predicted octanol–water partition coefficient (Wildman–Crippen LogP) is 1.64. The summed E-state index contributed by atoms with van der Waals surface area (Å²) in [6.07, 6.45) is 3.04. The Balaban J connectivity index is 2.03. The summed E-state index contributed by atoms with van der Waals surface area (Å²) in [6, 6.07) is 5.72. The highest BCUT2D eigenvalue weighted by Crippen LogP contribution is 2.31. The lowest BCUT2D eigenvalue weighted by atomic mass is 10.1. The largest absolute Gasteiger partial charge is 0.384 e. The number of carbonyl (C=O) groups excluding carboxylic acids is 2. The van der Waals surface area contributed by atoms with Crippen LogP contribution >= 0.6 is 0 Å². The zero-order valence-electron chi connectivity index (χ0n) is 10.4. The van der Waals surface area contributed by atoms with Gasteiger partial charge in [0.15, 0.2) is 0 Å². The fraction of sp³-hybridized carbons (Fsp3) is 0.429. The average Bonchev–Trinajstić information content (AvgIpc) is 2.78. The van der Waals surface area contributed by atoms with Crippen molar-refractivity contribution in [1.82, 2.24) is 5.32 Å². The van der Waals surface area contributed by atoms with E-state index in [1.54, 1.807) is 13.2 Å². The lowest BCUT2D eigenvalue weighted by molar-refractivity contribution is -0.122. The Kier molecular flexibility index (Phi) is 4.10. The van der Waals surface area contributed by atoms with E-state index in [1.165, 1.54) is 0 Å². The summed E-state index contributed by atoms with van der Waals surface area (Å²) in [4.78, 5) is 22.3. The first-order valence-corrected chi connectivity index (χ1v) is 6.11. The van der Waals surface area contributed by atoms with Gasteiger partial charge in [-0.15, -0.1) is 0 Å². The van der Waals surface area contributed by atoms with Crippen molar-refractivity contribution < 1.29 is 14.3 Å². The number of methoxy groups -OCH3 is 1. The number of hydrogen-bond acceptors (Lipinski definition) is 3. The zero-order chi connectivity index (χ0) is 13.0. The van der Waals surface area contributed by atoms with Gasteiger partial charge in [0.2, 0.25) is 5.91 Å². The lowest BCUT2D eigenvalue weighted by Crippen LogP contribution is -2.27. The molecule has 4 heteroatoms. The molecule has 2 rings (SSSR count). The van der Waals surface area contributed by atoms with Gasteiger partial charge in [-0.1, -0.05) is 12.1 Å². The predicted molar refractivity (Wildman–Crippen MR) is 67.5 cm³/mol. The summed E-state index contributed by atoms with van der Waals surface area (Å²) in [5, 5.41) is 3.00. The molecule has 96 valence electrons. The van der Waals surface area contributed by atoms with Crippen LogP contribution < -0.4 is 5.32 Å². The van der Waals surface area contributed by atoms with E-state index in [-0.39, 0.29) is 11.9 Å². The van der Waals surface area contributed by atoms with Crippen LogP contribution in [0, 0.1) is 0 Å². The van der Waals surface area contributed by atoms with Crippen LogP contribution in [0.3, 0.4) is 0 Å². The van der Waals surface area contributed by atoms with E-state index < -0.39 is 0 Å². The molecule has 1 aromatic rings. The first-order chi connectivity index (χ1) is 8.74. The van der Waals surface area contributed by atoms with E-state index in [0.29, 0.717) is 18.6 Å². The molecule has 1 N–H and O–H groups in total. The summed E-state index contributed by atoms with van der Waals surface area (Å²) in [6.45, 7) is 0.440. The molecule has 4 nitrogen and oxygen atoms in total. The lowest BCUT2D eigenvalue weighted by Gasteiger charge is -2.14. The molecule has 0 radical (unpaired) electrons. The maximum Gasteiger partial charge on any atom is 0.222 e. The van der Waals surface area contributed by atoms with Gasteiger partial charge in [0, 0.05) is 19.1 Å². The van der Waals surface area contributed by atoms with Crippen LogP contribution in [0.15, 0.2) is 18.2 Å². The molecular formula is C14H17NO3. The highest BCUT2D eigenvalue weighted by Gasteiger charge is 2.23. The minimum Gasteiger partial charge on any atom is -0.384 e. The van der Waals surface area contributed by atoms with Gasteiger partial charge in [-0.05, 0) is 30.0 Å². The van der Waals surface area contributed by atoms with Crippen molar-refractivity contribution in [3.8, 4) is 0 Å². The van der Waals surface area contributed by atoms with Crippen LogP contribution in [0.4, 0.5) is 0 Å². The SMILES string of the molecule is COCCC(=O)NC1CCc2cc(C=O)ccc21. The molecule has 1 unspecified atom stereocenters. The molecule has 1 amide bonds. The van der Waals surface area contributed by atoms with E-state index in [1.807, 2.05) is 12.1 Å². The van der Waals surface area contributed by atoms with Crippen LogP contribution in [0.5, 0.6) is 0 Å². The molecule has 0 bridgehead atoms. The number of fused-ring (bicyclic) bond motifs is 1. The topological polar surface area (TPSA) is 55.4 Å². The number of ether oxygens (including phenoxy) is 1. The van der Waals surface area contributed by atoms with Crippen molar-refractivity contribution in [2.75, 3.05) is 13.7 Å². The van der Waals surface area contributed by atoms with Gasteiger partial charge < -0.3 is 10.1 Å². The Morgan fingerprint density at radius 3 is 3.11 bits per heavy atom. The zero-order valence-corrected chi connectivity index (χ0v) is 10.4. The maximum atomic E-state index is 11.6. The molecule has 0 fully saturated rings. The van der Waals surface area contributed by atoms with Gasteiger partial charge in [0.25, 0.3) is 0 Å². The van der Waals surface area contributed by atoms with Crippen molar-refractivity contribution in [3.63, 3.8) is 0 Å². The average molecular weight is 247 g/mol. The monoisotopic (exact) mass is 247 g/mol. The second-order valence-corrected chi connectivity index (χ2v) is 4.48. The van der Waals surface area contributed by atoms with E-state index in [2.05, 4.69) is 5.32 Å². The van der Waals surface area contributed by atoms with Crippen LogP contribution in [-0.2, 0) is 16.0 Å². The number of amides is 1. The highest BCUT2D eigenvalue weighted by atomic mass is 16.5. The van der Waals surface area contributed by atoms with Gasteiger partial charge in [0.05, 0.1) is 12.6 Å². The summed E-state index contributed by atoms with van der Waals surface area (Å²) in [5.74, 6) is 0.00849. The number of carbonyl (C=O) groups is 2. The van der Waals surface area contributed by atoms with Gasteiger partial charge in [-0.25, -0.2) is 0 Å². The number of aldehydes is 1. The van der Waals surface area contributed by atoms with Crippen LogP contribution in [0.2, 0.25) is 0 Å². The Bertz CT molecular complexity index is 456. The Morgan fingerprint density at radius 1 is 1.56 bits per heavy atom. The Hall–Kier alpha value is -1.68. The minimum atomic E-state index is 0.00849. The normalized spacial score (nSPS) is 17.3. The van der Waals surface area contributed by atoms with Crippen LogP contribution in [-0.4, -0.2) is 25.9 Å². The Labute approximate surface area is 106 Å². The van der Waals surface area contributed by atoms with E-state index in [9.17, 15) is 9.59 Å². The quantitative estimate of drug-likeness (QED) is 0.805. The van der Waals surface area contributed by atoms with Crippen molar-refractivity contribution in [2.45, 2.75) is 25.3 Å². The van der Waals surface area contributed by atoms with Crippen molar-refractivity contribution in [3.05, 3.63) is 34.9 Å². The third-order valence-corrected chi connectivity index (χ3v) is 3.25. The number of rotatable bonds is 5. The smallest absolute Gasteiger partial charge is 0.222 e. The highest BCUT2D eigenvalue weighted by molar-refractivity contribution is 5.77. The van der Waals surface area contributed by atoms with E-state index in [0.717, 1.165) is 30.3 Å². The molecule has 0 spiro atoms. The molecule has 0 aliphatic heterocycles. The molecule has 1 aliphatic carbocycles. The summed E-state index contributed by atoms with van der Waals surface area (Å²) < 4.78 is 4.88. The summed E-state index contributed by atoms with van der Waals surface area (Å²) >= 11 is 0. The van der Waals surface area contributed by atoms with Gasteiger partial charge in [-0.2, -0.15) is 0 Å². The summed E-state index contributed by atoms with van der Waals surface area (Å²) in [5.41, 5.74) is 2.99. The van der Waals surface area contributed by atoms with Gasteiger partial charge in [0.1, 0.15) is 6.29 Å². The van der Waals surface area contributed by atoms with Crippen molar-refractivity contribution >= 4 is 12.2 Å².